The first-order valence-electron chi connectivity index (χ1n) is 5.46. The van der Waals surface area contributed by atoms with E-state index in [0.717, 1.165) is 24.6 Å². The first-order chi connectivity index (χ1) is 9.20. The average molecular weight is 290 g/mol. The predicted octanol–water partition coefficient (Wildman–Crippen LogP) is 3.13. The summed E-state index contributed by atoms with van der Waals surface area (Å²) in [5, 5.41) is 7.42. The van der Waals surface area contributed by atoms with E-state index in [4.69, 9.17) is 9.84 Å². The highest BCUT2D eigenvalue weighted by Gasteiger charge is 2.13. The minimum atomic E-state index is -0.693. The van der Waals surface area contributed by atoms with E-state index in [9.17, 15) is 8.78 Å². The number of hydrogen-bond donors (Lipinski definition) is 1. The average Bonchev–Trinajstić information content (AvgIpc) is 2.84. The Kier molecular flexibility index (Phi) is 8.56. The molecule has 2 heterocycles. The largest absolute Gasteiger partial charge is 0.484 e. The molecule has 0 saturated carbocycles. The van der Waals surface area contributed by atoms with Crippen molar-refractivity contribution >= 4 is 11.3 Å². The summed E-state index contributed by atoms with van der Waals surface area (Å²) in [5.41, 5.74) is 0.433. The van der Waals surface area contributed by atoms with Crippen LogP contribution in [0.5, 0.6) is 5.06 Å². The fourth-order valence-electron chi connectivity index (χ4n) is 1.07. The van der Waals surface area contributed by atoms with E-state index in [1.54, 1.807) is 0 Å². The third kappa shape index (κ3) is 4.88. The summed E-state index contributed by atoms with van der Waals surface area (Å²) in [7, 11) is 2.35. The van der Waals surface area contributed by atoms with Gasteiger partial charge in [-0.1, -0.05) is 25.2 Å². The number of aliphatic hydroxyl groups is 1. The van der Waals surface area contributed by atoms with Gasteiger partial charge in [-0.05, 0) is 6.07 Å². The van der Waals surface area contributed by atoms with E-state index in [1.807, 2.05) is 13.8 Å². The Morgan fingerprint density at radius 2 is 1.84 bits per heavy atom. The third-order valence-electron chi connectivity index (χ3n) is 1.69. The standard InChI is InChI=1S/C9H6F2N2OS.C2H6.CH4O/c1-14-9-7(11)13-8(15-9)5-2-6(10)4-12-3-5;2*1-2/h2-4H,1H3;1-2H3;2H,1H3. The van der Waals surface area contributed by atoms with Gasteiger partial charge >= 0.3 is 0 Å². The van der Waals surface area contributed by atoms with Gasteiger partial charge in [0.1, 0.15) is 10.8 Å². The topological polar surface area (TPSA) is 55.2 Å². The zero-order chi connectivity index (χ0) is 14.8. The van der Waals surface area contributed by atoms with Crippen LogP contribution in [0.4, 0.5) is 8.78 Å². The van der Waals surface area contributed by atoms with E-state index in [0.29, 0.717) is 10.6 Å². The van der Waals surface area contributed by atoms with E-state index < -0.39 is 11.8 Å². The SMILES string of the molecule is CC.CO.COc1sc(-c2cncc(F)c2)nc1F. The molecule has 0 amide bonds. The Morgan fingerprint density at radius 3 is 2.32 bits per heavy atom. The van der Waals surface area contributed by atoms with Crippen LogP contribution in [0.1, 0.15) is 13.8 Å². The molecule has 2 aromatic heterocycles. The van der Waals surface area contributed by atoms with Crippen molar-refractivity contribution in [3.05, 3.63) is 30.2 Å². The number of thiazole rings is 1. The van der Waals surface area contributed by atoms with Crippen molar-refractivity contribution in [3.63, 3.8) is 0 Å². The maximum Gasteiger partial charge on any atom is 0.267 e. The summed E-state index contributed by atoms with van der Waals surface area (Å²) >= 11 is 1.01. The van der Waals surface area contributed by atoms with Gasteiger partial charge < -0.3 is 9.84 Å². The Morgan fingerprint density at radius 1 is 1.21 bits per heavy atom. The van der Waals surface area contributed by atoms with Gasteiger partial charge in [0.05, 0.1) is 13.3 Å². The van der Waals surface area contributed by atoms with Crippen molar-refractivity contribution in [1.29, 1.82) is 0 Å². The van der Waals surface area contributed by atoms with Gasteiger partial charge in [-0.15, -0.1) is 0 Å². The number of aliphatic hydroxyl groups excluding tert-OH is 1. The van der Waals surface area contributed by atoms with Gasteiger partial charge in [-0.3, -0.25) is 4.98 Å². The van der Waals surface area contributed by atoms with Crippen molar-refractivity contribution in [3.8, 4) is 15.6 Å². The summed E-state index contributed by atoms with van der Waals surface area (Å²) in [6.07, 6.45) is 2.49. The molecule has 0 spiro atoms. The van der Waals surface area contributed by atoms with Gasteiger partial charge in [-0.2, -0.15) is 4.39 Å². The summed E-state index contributed by atoms with van der Waals surface area (Å²) in [4.78, 5) is 7.27. The van der Waals surface area contributed by atoms with Crippen LogP contribution >= 0.6 is 11.3 Å². The van der Waals surface area contributed by atoms with Crippen molar-refractivity contribution in [1.82, 2.24) is 9.97 Å². The number of halogens is 2. The van der Waals surface area contributed by atoms with Gasteiger partial charge in [0.15, 0.2) is 0 Å². The normalized spacial score (nSPS) is 8.79. The summed E-state index contributed by atoms with van der Waals surface area (Å²) in [6.45, 7) is 4.00. The second-order valence-electron chi connectivity index (χ2n) is 2.69. The monoisotopic (exact) mass is 290 g/mol. The summed E-state index contributed by atoms with van der Waals surface area (Å²) in [6, 6.07) is 1.24. The van der Waals surface area contributed by atoms with Crippen LogP contribution in [0.25, 0.3) is 10.6 Å². The maximum absolute atomic E-state index is 13.1. The van der Waals surface area contributed by atoms with E-state index >= 15 is 0 Å². The van der Waals surface area contributed by atoms with Crippen LogP contribution in [-0.2, 0) is 0 Å². The number of methoxy groups -OCH3 is 1. The molecule has 0 atom stereocenters. The molecule has 0 aliphatic rings. The highest BCUT2D eigenvalue weighted by Crippen LogP contribution is 2.32. The molecular weight excluding hydrogens is 274 g/mol. The molecule has 106 valence electrons. The first-order valence-corrected chi connectivity index (χ1v) is 6.28. The fraction of sp³-hybridized carbons (Fsp3) is 0.333. The Bertz CT molecular complexity index is 492. The first kappa shape index (κ1) is 17.4. The molecule has 0 aliphatic heterocycles. The molecule has 4 nitrogen and oxygen atoms in total. The van der Waals surface area contributed by atoms with Gasteiger partial charge in [0.25, 0.3) is 5.95 Å². The van der Waals surface area contributed by atoms with Crippen LogP contribution in [0.3, 0.4) is 0 Å². The Labute approximate surface area is 114 Å². The molecule has 0 unspecified atom stereocenters. The van der Waals surface area contributed by atoms with Crippen molar-refractivity contribution in [2.24, 2.45) is 0 Å². The lowest BCUT2D eigenvalue weighted by atomic mass is 10.3. The molecule has 7 heteroatoms. The van der Waals surface area contributed by atoms with Crippen LogP contribution in [0, 0.1) is 11.8 Å². The number of ether oxygens (including phenoxy) is 1. The van der Waals surface area contributed by atoms with Crippen LogP contribution < -0.4 is 4.74 Å². The molecule has 0 radical (unpaired) electrons. The highest BCUT2D eigenvalue weighted by molar-refractivity contribution is 7.16. The second-order valence-corrected chi connectivity index (χ2v) is 3.65. The van der Waals surface area contributed by atoms with E-state index in [2.05, 4.69) is 9.97 Å². The van der Waals surface area contributed by atoms with Crippen LogP contribution in [-0.4, -0.2) is 29.3 Å². The number of hydrogen-bond acceptors (Lipinski definition) is 5. The lowest BCUT2D eigenvalue weighted by Crippen LogP contribution is -1.83. The zero-order valence-electron chi connectivity index (χ0n) is 11.1. The molecule has 19 heavy (non-hydrogen) atoms. The van der Waals surface area contributed by atoms with E-state index in [-0.39, 0.29) is 5.06 Å². The molecule has 2 aromatic rings. The zero-order valence-corrected chi connectivity index (χ0v) is 12.0. The molecule has 0 aromatic carbocycles. The van der Waals surface area contributed by atoms with Gasteiger partial charge in [-0.25, -0.2) is 9.37 Å². The van der Waals surface area contributed by atoms with Crippen molar-refractivity contribution in [2.75, 3.05) is 14.2 Å². The molecular formula is C12H16F2N2O2S. The molecule has 0 aliphatic carbocycles. The maximum atomic E-state index is 13.1. The minimum absolute atomic E-state index is 0.0780. The molecule has 2 rings (SSSR count). The molecule has 0 bridgehead atoms. The fourth-order valence-corrected chi connectivity index (χ4v) is 1.81. The third-order valence-corrected chi connectivity index (χ3v) is 2.74. The lowest BCUT2D eigenvalue weighted by molar-refractivity contribution is 0.393. The smallest absolute Gasteiger partial charge is 0.267 e. The van der Waals surface area contributed by atoms with Gasteiger partial charge in [0.2, 0.25) is 5.06 Å². The summed E-state index contributed by atoms with van der Waals surface area (Å²) in [5.74, 6) is -1.18. The van der Waals surface area contributed by atoms with Crippen LogP contribution in [0.15, 0.2) is 18.5 Å². The number of rotatable bonds is 2. The highest BCUT2D eigenvalue weighted by atomic mass is 32.1. The minimum Gasteiger partial charge on any atom is -0.484 e. The molecule has 0 saturated heterocycles. The van der Waals surface area contributed by atoms with Crippen molar-refractivity contribution in [2.45, 2.75) is 13.8 Å². The number of nitrogens with zero attached hydrogens (tertiary/aromatic N) is 2. The Hall–Kier alpha value is -1.60. The quantitative estimate of drug-likeness (QED) is 0.923. The predicted molar refractivity (Wildman–Crippen MR) is 71.3 cm³/mol. The molecule has 0 fully saturated rings. The van der Waals surface area contributed by atoms with Crippen LogP contribution in [0.2, 0.25) is 0 Å². The number of aromatic nitrogens is 2. The molecule has 1 N–H and O–H groups in total. The Balaban J connectivity index is 0.000000741. The van der Waals surface area contributed by atoms with E-state index in [1.165, 1.54) is 19.4 Å². The van der Waals surface area contributed by atoms with Crippen molar-refractivity contribution < 1.29 is 18.6 Å². The van der Waals surface area contributed by atoms with Gasteiger partial charge in [0, 0.05) is 18.9 Å². The lowest BCUT2D eigenvalue weighted by Gasteiger charge is -1.93. The number of pyridine rings is 1. The summed E-state index contributed by atoms with van der Waals surface area (Å²) < 4.78 is 30.6. The second kappa shape index (κ2) is 9.35.